The maximum Gasteiger partial charge on any atom is 0.416 e. The molecule has 0 spiro atoms. The molecular formula is C20H24F3N3O2S. The fraction of sp³-hybridized carbons (Fsp3) is 0.350. The van der Waals surface area contributed by atoms with Gasteiger partial charge in [-0.25, -0.2) is 13.4 Å². The van der Waals surface area contributed by atoms with Gasteiger partial charge >= 0.3 is 6.18 Å². The number of hydrogen-bond acceptors (Lipinski definition) is 3. The number of nitrogens with zero attached hydrogens (tertiary/aromatic N) is 1. The summed E-state index contributed by atoms with van der Waals surface area (Å²) in [6.45, 7) is 3.08. The maximum absolute atomic E-state index is 12.6. The van der Waals surface area contributed by atoms with E-state index >= 15 is 0 Å². The van der Waals surface area contributed by atoms with E-state index in [1.165, 1.54) is 12.1 Å². The van der Waals surface area contributed by atoms with Crippen LogP contribution in [0.5, 0.6) is 0 Å². The molecule has 158 valence electrons. The molecule has 0 radical (unpaired) electrons. The minimum Gasteiger partial charge on any atom is -0.357 e. The second-order valence-electron chi connectivity index (χ2n) is 6.30. The molecule has 0 amide bonds. The minimum absolute atomic E-state index is 0.00230. The summed E-state index contributed by atoms with van der Waals surface area (Å²) >= 11 is 0. The highest BCUT2D eigenvalue weighted by Gasteiger charge is 2.29. The van der Waals surface area contributed by atoms with Crippen LogP contribution in [-0.2, 0) is 22.6 Å². The van der Waals surface area contributed by atoms with E-state index in [2.05, 4.69) is 15.6 Å². The van der Waals surface area contributed by atoms with E-state index in [1.807, 2.05) is 6.92 Å². The average Bonchev–Trinajstić information content (AvgIpc) is 2.69. The van der Waals surface area contributed by atoms with Gasteiger partial charge in [0, 0.05) is 13.1 Å². The lowest BCUT2D eigenvalue weighted by Crippen LogP contribution is -2.38. The molecule has 2 N–H and O–H groups in total. The largest absolute Gasteiger partial charge is 0.416 e. The lowest BCUT2D eigenvalue weighted by molar-refractivity contribution is -0.137. The van der Waals surface area contributed by atoms with E-state index in [9.17, 15) is 21.6 Å². The molecule has 0 saturated carbocycles. The van der Waals surface area contributed by atoms with Crippen LogP contribution in [0.2, 0.25) is 0 Å². The Labute approximate surface area is 169 Å². The van der Waals surface area contributed by atoms with Crippen molar-refractivity contribution in [3.63, 3.8) is 0 Å². The van der Waals surface area contributed by atoms with Crippen molar-refractivity contribution in [1.29, 1.82) is 0 Å². The average molecular weight is 427 g/mol. The fourth-order valence-corrected chi connectivity index (χ4v) is 3.86. The molecule has 9 heteroatoms. The highest BCUT2D eigenvalue weighted by Crippen LogP contribution is 2.29. The van der Waals surface area contributed by atoms with Crippen molar-refractivity contribution in [3.8, 4) is 0 Å². The molecule has 0 bridgehead atoms. The van der Waals surface area contributed by atoms with Crippen LogP contribution in [0.1, 0.15) is 24.5 Å². The van der Waals surface area contributed by atoms with E-state index in [0.29, 0.717) is 35.9 Å². The summed E-state index contributed by atoms with van der Waals surface area (Å²) in [4.78, 5) is 4.63. The van der Waals surface area contributed by atoms with Crippen LogP contribution in [-0.4, -0.2) is 33.2 Å². The Morgan fingerprint density at radius 1 is 1.00 bits per heavy atom. The van der Waals surface area contributed by atoms with E-state index in [0.717, 1.165) is 12.1 Å². The molecule has 0 saturated heterocycles. The highest BCUT2D eigenvalue weighted by atomic mass is 32.2. The summed E-state index contributed by atoms with van der Waals surface area (Å²) < 4.78 is 62.3. The van der Waals surface area contributed by atoms with Crippen molar-refractivity contribution in [2.75, 3.05) is 18.8 Å². The Balaban J connectivity index is 1.88. The summed E-state index contributed by atoms with van der Waals surface area (Å²) in [5, 5.41) is 6.07. The van der Waals surface area contributed by atoms with E-state index in [4.69, 9.17) is 0 Å². The molecule has 0 unspecified atom stereocenters. The Hall–Kier alpha value is -2.55. The van der Waals surface area contributed by atoms with Gasteiger partial charge < -0.3 is 10.6 Å². The van der Waals surface area contributed by atoms with E-state index in [1.54, 1.807) is 30.3 Å². The molecule has 0 aliphatic carbocycles. The van der Waals surface area contributed by atoms with Crippen molar-refractivity contribution in [3.05, 3.63) is 65.7 Å². The summed E-state index contributed by atoms with van der Waals surface area (Å²) in [7, 11) is -3.33. The third-order valence-electron chi connectivity index (χ3n) is 4.03. The van der Waals surface area contributed by atoms with Crippen LogP contribution in [0.3, 0.4) is 0 Å². The first-order valence-corrected chi connectivity index (χ1v) is 10.8. The van der Waals surface area contributed by atoms with E-state index in [-0.39, 0.29) is 12.3 Å². The number of sulfone groups is 1. The van der Waals surface area contributed by atoms with Gasteiger partial charge in [-0.15, -0.1) is 0 Å². The highest BCUT2D eigenvalue weighted by molar-refractivity contribution is 7.91. The van der Waals surface area contributed by atoms with Crippen LogP contribution in [0.25, 0.3) is 0 Å². The molecule has 0 aromatic heterocycles. The molecule has 0 aliphatic rings. The van der Waals surface area contributed by atoms with Crippen LogP contribution >= 0.6 is 0 Å². The number of alkyl halides is 3. The van der Waals surface area contributed by atoms with Crippen LogP contribution in [0.4, 0.5) is 13.2 Å². The van der Waals surface area contributed by atoms with Gasteiger partial charge in [-0.05, 0) is 43.2 Å². The zero-order chi connectivity index (χ0) is 21.3. The Bertz CT molecular complexity index is 897. The first-order valence-electron chi connectivity index (χ1n) is 9.18. The second kappa shape index (κ2) is 10.3. The molecule has 2 aromatic carbocycles. The van der Waals surface area contributed by atoms with Gasteiger partial charge in [-0.2, -0.15) is 13.2 Å². The predicted molar refractivity (Wildman–Crippen MR) is 107 cm³/mol. The van der Waals surface area contributed by atoms with Crippen molar-refractivity contribution in [2.45, 2.75) is 31.0 Å². The molecule has 0 aliphatic heterocycles. The summed E-state index contributed by atoms with van der Waals surface area (Å²) in [5.41, 5.74) is -0.0586. The molecule has 2 rings (SSSR count). The predicted octanol–water partition coefficient (Wildman–Crippen LogP) is 3.62. The fourth-order valence-electron chi connectivity index (χ4n) is 2.53. The zero-order valence-electron chi connectivity index (χ0n) is 16.0. The zero-order valence-corrected chi connectivity index (χ0v) is 16.9. The van der Waals surface area contributed by atoms with Gasteiger partial charge in [-0.3, -0.25) is 0 Å². The van der Waals surface area contributed by atoms with Crippen LogP contribution in [0, 0.1) is 0 Å². The monoisotopic (exact) mass is 427 g/mol. The van der Waals surface area contributed by atoms with E-state index < -0.39 is 21.6 Å². The van der Waals surface area contributed by atoms with Gasteiger partial charge in [0.25, 0.3) is 0 Å². The standard InChI is InChI=1S/C20H24F3N3O2S/c1-2-24-19(26-15-16-9-11-17(12-10-16)20(21,22)23)25-13-6-14-29(27,28)18-7-4-3-5-8-18/h3-5,7-12H,2,6,13-15H2,1H3,(H2,24,25,26). The van der Waals surface area contributed by atoms with Gasteiger partial charge in [0.1, 0.15) is 0 Å². The molecule has 2 aromatic rings. The van der Waals surface area contributed by atoms with Gasteiger partial charge in [0.05, 0.1) is 22.8 Å². The smallest absolute Gasteiger partial charge is 0.357 e. The lowest BCUT2D eigenvalue weighted by atomic mass is 10.1. The molecule has 0 fully saturated rings. The molecule has 5 nitrogen and oxygen atoms in total. The molecule has 29 heavy (non-hydrogen) atoms. The van der Waals surface area contributed by atoms with Crippen molar-refractivity contribution in [1.82, 2.24) is 10.6 Å². The topological polar surface area (TPSA) is 70.6 Å². The maximum atomic E-state index is 12.6. The van der Waals surface area contributed by atoms with Crippen LogP contribution < -0.4 is 10.6 Å². The number of benzene rings is 2. The van der Waals surface area contributed by atoms with Crippen molar-refractivity contribution < 1.29 is 21.6 Å². The molecule has 0 atom stereocenters. The molecular weight excluding hydrogens is 403 g/mol. The second-order valence-corrected chi connectivity index (χ2v) is 8.41. The van der Waals surface area contributed by atoms with Gasteiger partial charge in [0.15, 0.2) is 15.8 Å². The number of aliphatic imine (C=N–C) groups is 1. The summed E-state index contributed by atoms with van der Waals surface area (Å²) in [5.74, 6) is 0.479. The SMILES string of the molecule is CCNC(=NCc1ccc(C(F)(F)F)cc1)NCCCS(=O)(=O)c1ccccc1. The van der Waals surface area contributed by atoms with Gasteiger partial charge in [0.2, 0.25) is 0 Å². The first kappa shape index (κ1) is 22.7. The number of hydrogen-bond donors (Lipinski definition) is 2. The summed E-state index contributed by atoms with van der Waals surface area (Å²) in [6, 6.07) is 13.1. The molecule has 0 heterocycles. The minimum atomic E-state index is -4.36. The lowest BCUT2D eigenvalue weighted by Gasteiger charge is -2.12. The number of guanidine groups is 1. The summed E-state index contributed by atoms with van der Waals surface area (Å²) in [6.07, 6.45) is -3.97. The van der Waals surface area contributed by atoms with Crippen molar-refractivity contribution in [2.24, 2.45) is 4.99 Å². The number of halogens is 3. The quantitative estimate of drug-likeness (QED) is 0.384. The normalized spacial score (nSPS) is 12.6. The third kappa shape index (κ3) is 7.41. The third-order valence-corrected chi connectivity index (χ3v) is 5.85. The van der Waals surface area contributed by atoms with Crippen molar-refractivity contribution >= 4 is 15.8 Å². The number of nitrogens with one attached hydrogen (secondary N) is 2. The Morgan fingerprint density at radius 3 is 2.24 bits per heavy atom. The Kier molecular flexibility index (Phi) is 8.07. The first-order chi connectivity index (χ1) is 13.7. The Morgan fingerprint density at radius 2 is 1.66 bits per heavy atom. The van der Waals surface area contributed by atoms with Crippen LogP contribution in [0.15, 0.2) is 64.5 Å². The van der Waals surface area contributed by atoms with Gasteiger partial charge in [-0.1, -0.05) is 30.3 Å². The number of rotatable bonds is 8.